The largest absolute Gasteiger partial charge is 0.334 e. The van der Waals surface area contributed by atoms with Crippen LogP contribution in [0.5, 0.6) is 0 Å². The van der Waals surface area contributed by atoms with Crippen LogP contribution in [-0.4, -0.2) is 48.1 Å². The number of nitrogens with zero attached hydrogens (tertiary/aromatic N) is 2. The van der Waals surface area contributed by atoms with E-state index in [0.717, 1.165) is 31.5 Å². The Morgan fingerprint density at radius 2 is 1.86 bits per heavy atom. The zero-order chi connectivity index (χ0) is 15.4. The summed E-state index contributed by atoms with van der Waals surface area (Å²) in [7, 11) is 0. The molecule has 1 aromatic carbocycles. The lowest BCUT2D eigenvalue weighted by Gasteiger charge is -2.28. The van der Waals surface area contributed by atoms with Gasteiger partial charge in [0.2, 0.25) is 0 Å². The van der Waals surface area contributed by atoms with E-state index in [9.17, 15) is 4.79 Å². The van der Waals surface area contributed by atoms with Crippen molar-refractivity contribution in [1.82, 2.24) is 15.1 Å². The molecule has 2 aliphatic heterocycles. The highest BCUT2D eigenvalue weighted by atomic mass is 16.2. The molecule has 22 heavy (non-hydrogen) atoms. The first-order chi connectivity index (χ1) is 10.7. The van der Waals surface area contributed by atoms with Gasteiger partial charge in [-0.25, -0.2) is 4.79 Å². The molecular formula is C18H27N3O. The van der Waals surface area contributed by atoms with Gasteiger partial charge < -0.3 is 15.1 Å². The van der Waals surface area contributed by atoms with Crippen molar-refractivity contribution in [3.8, 4) is 0 Å². The van der Waals surface area contributed by atoms with Gasteiger partial charge in [-0.2, -0.15) is 0 Å². The zero-order valence-corrected chi connectivity index (χ0v) is 13.6. The fourth-order valence-corrected chi connectivity index (χ4v) is 3.54. The first-order valence-corrected chi connectivity index (χ1v) is 8.55. The highest BCUT2D eigenvalue weighted by Gasteiger charge is 2.30. The Bertz CT molecular complexity index is 494. The molecule has 2 aliphatic rings. The number of nitrogens with one attached hydrogen (secondary N) is 1. The van der Waals surface area contributed by atoms with E-state index in [1.807, 2.05) is 4.90 Å². The molecule has 120 valence electrons. The summed E-state index contributed by atoms with van der Waals surface area (Å²) in [6, 6.07) is 8.85. The van der Waals surface area contributed by atoms with Crippen LogP contribution in [0.4, 0.5) is 4.79 Å². The average molecular weight is 301 g/mol. The summed E-state index contributed by atoms with van der Waals surface area (Å²) < 4.78 is 0. The second-order valence-corrected chi connectivity index (χ2v) is 6.64. The van der Waals surface area contributed by atoms with Crippen LogP contribution < -0.4 is 5.32 Å². The van der Waals surface area contributed by atoms with Crippen molar-refractivity contribution in [2.75, 3.05) is 26.2 Å². The SMILES string of the molecule is Cc1ccc(CNC(=O)N2CCCC2CN2CCCC2)cc1. The van der Waals surface area contributed by atoms with Crippen LogP contribution >= 0.6 is 0 Å². The third-order valence-corrected chi connectivity index (χ3v) is 4.87. The highest BCUT2D eigenvalue weighted by molar-refractivity contribution is 5.74. The second-order valence-electron chi connectivity index (χ2n) is 6.64. The Morgan fingerprint density at radius 1 is 1.14 bits per heavy atom. The number of benzene rings is 1. The molecule has 2 saturated heterocycles. The van der Waals surface area contributed by atoms with Crippen LogP contribution in [0.3, 0.4) is 0 Å². The zero-order valence-electron chi connectivity index (χ0n) is 13.6. The van der Waals surface area contributed by atoms with Crippen LogP contribution in [0, 0.1) is 6.92 Å². The molecular weight excluding hydrogens is 274 g/mol. The summed E-state index contributed by atoms with van der Waals surface area (Å²) in [5.74, 6) is 0. The van der Waals surface area contributed by atoms with Gasteiger partial charge in [0.05, 0.1) is 0 Å². The molecule has 0 spiro atoms. The normalized spacial score (nSPS) is 22.2. The molecule has 2 heterocycles. The van der Waals surface area contributed by atoms with Crippen LogP contribution in [0.2, 0.25) is 0 Å². The number of amides is 2. The number of hydrogen-bond acceptors (Lipinski definition) is 2. The molecule has 4 nitrogen and oxygen atoms in total. The summed E-state index contributed by atoms with van der Waals surface area (Å²) in [6.45, 7) is 7.06. The number of rotatable bonds is 4. The van der Waals surface area contributed by atoms with Crippen molar-refractivity contribution in [1.29, 1.82) is 0 Å². The van der Waals surface area contributed by atoms with Crippen molar-refractivity contribution >= 4 is 6.03 Å². The lowest BCUT2D eigenvalue weighted by Crippen LogP contribution is -2.46. The minimum absolute atomic E-state index is 0.0993. The highest BCUT2D eigenvalue weighted by Crippen LogP contribution is 2.20. The predicted molar refractivity (Wildman–Crippen MR) is 88.8 cm³/mol. The second kappa shape index (κ2) is 7.14. The van der Waals surface area contributed by atoms with E-state index in [-0.39, 0.29) is 6.03 Å². The van der Waals surface area contributed by atoms with Gasteiger partial charge in [-0.05, 0) is 51.3 Å². The molecule has 3 rings (SSSR count). The molecule has 1 aromatic rings. The van der Waals surface area contributed by atoms with Crippen molar-refractivity contribution < 1.29 is 4.79 Å². The van der Waals surface area contributed by atoms with Gasteiger partial charge in [-0.3, -0.25) is 0 Å². The van der Waals surface area contributed by atoms with E-state index in [1.54, 1.807) is 0 Å². The van der Waals surface area contributed by atoms with Crippen LogP contribution in [0.15, 0.2) is 24.3 Å². The van der Waals surface area contributed by atoms with E-state index in [4.69, 9.17) is 0 Å². The van der Waals surface area contributed by atoms with Gasteiger partial charge in [0.1, 0.15) is 0 Å². The Labute approximate surface area is 133 Å². The molecule has 2 fully saturated rings. The topological polar surface area (TPSA) is 35.6 Å². The number of aryl methyl sites for hydroxylation is 1. The van der Waals surface area contributed by atoms with Crippen LogP contribution in [-0.2, 0) is 6.54 Å². The van der Waals surface area contributed by atoms with Gasteiger partial charge >= 0.3 is 6.03 Å². The average Bonchev–Trinajstić information content (AvgIpc) is 3.19. The number of carbonyl (C=O) groups is 1. The Balaban J connectivity index is 1.50. The molecule has 1 N–H and O–H groups in total. The first kappa shape index (κ1) is 15.3. The summed E-state index contributed by atoms with van der Waals surface area (Å²) in [5.41, 5.74) is 2.41. The fraction of sp³-hybridized carbons (Fsp3) is 0.611. The van der Waals surface area contributed by atoms with Gasteiger partial charge in [0.25, 0.3) is 0 Å². The maximum atomic E-state index is 12.5. The number of carbonyl (C=O) groups excluding carboxylic acids is 1. The molecule has 1 unspecified atom stereocenters. The summed E-state index contributed by atoms with van der Waals surface area (Å²) in [4.78, 5) is 17.0. The third kappa shape index (κ3) is 3.80. The van der Waals surface area contributed by atoms with Gasteiger partial charge in [0.15, 0.2) is 0 Å². The monoisotopic (exact) mass is 301 g/mol. The molecule has 0 aromatic heterocycles. The Morgan fingerprint density at radius 3 is 2.59 bits per heavy atom. The van der Waals surface area contributed by atoms with Crippen LogP contribution in [0.25, 0.3) is 0 Å². The third-order valence-electron chi connectivity index (χ3n) is 4.87. The van der Waals surface area contributed by atoms with E-state index in [0.29, 0.717) is 12.6 Å². The number of likely N-dealkylation sites (tertiary alicyclic amines) is 2. The summed E-state index contributed by atoms with van der Waals surface area (Å²) in [6.07, 6.45) is 4.91. The smallest absolute Gasteiger partial charge is 0.317 e. The molecule has 0 bridgehead atoms. The summed E-state index contributed by atoms with van der Waals surface area (Å²) in [5, 5.41) is 3.08. The minimum Gasteiger partial charge on any atom is -0.334 e. The molecule has 1 atom stereocenters. The van der Waals surface area contributed by atoms with E-state index in [2.05, 4.69) is 41.4 Å². The molecule has 2 amide bonds. The fourth-order valence-electron chi connectivity index (χ4n) is 3.54. The minimum atomic E-state index is 0.0993. The standard InChI is InChI=1S/C18H27N3O/c1-15-6-8-16(9-7-15)13-19-18(22)21-12-4-5-17(21)14-20-10-2-3-11-20/h6-9,17H,2-5,10-14H2,1H3,(H,19,22). The van der Waals surface area contributed by atoms with E-state index < -0.39 is 0 Å². The predicted octanol–water partition coefficient (Wildman–Crippen LogP) is 2.76. The van der Waals surface area contributed by atoms with E-state index >= 15 is 0 Å². The summed E-state index contributed by atoms with van der Waals surface area (Å²) >= 11 is 0. The van der Waals surface area contributed by atoms with Crippen molar-refractivity contribution in [2.24, 2.45) is 0 Å². The lowest BCUT2D eigenvalue weighted by atomic mass is 10.1. The quantitative estimate of drug-likeness (QED) is 0.928. The van der Waals surface area contributed by atoms with Crippen LogP contribution in [0.1, 0.15) is 36.8 Å². The maximum absolute atomic E-state index is 12.5. The number of urea groups is 1. The number of hydrogen-bond donors (Lipinski definition) is 1. The molecule has 0 saturated carbocycles. The van der Waals surface area contributed by atoms with Crippen molar-refractivity contribution in [3.63, 3.8) is 0 Å². The molecule has 0 aliphatic carbocycles. The van der Waals surface area contributed by atoms with Gasteiger partial charge in [-0.15, -0.1) is 0 Å². The molecule has 0 radical (unpaired) electrons. The van der Waals surface area contributed by atoms with Crippen molar-refractivity contribution in [2.45, 2.75) is 45.2 Å². The molecule has 4 heteroatoms. The maximum Gasteiger partial charge on any atom is 0.317 e. The van der Waals surface area contributed by atoms with Gasteiger partial charge in [-0.1, -0.05) is 29.8 Å². The lowest BCUT2D eigenvalue weighted by molar-refractivity contribution is 0.174. The van der Waals surface area contributed by atoms with Gasteiger partial charge in [0, 0.05) is 25.7 Å². The van der Waals surface area contributed by atoms with Crippen molar-refractivity contribution in [3.05, 3.63) is 35.4 Å². The Hall–Kier alpha value is -1.55. The Kier molecular flexibility index (Phi) is 4.98. The van der Waals surface area contributed by atoms with E-state index in [1.165, 1.54) is 31.5 Å². The first-order valence-electron chi connectivity index (χ1n) is 8.55.